The van der Waals surface area contributed by atoms with E-state index in [9.17, 15) is 18.0 Å². The van der Waals surface area contributed by atoms with Gasteiger partial charge in [-0.2, -0.15) is 0 Å². The van der Waals surface area contributed by atoms with E-state index < -0.39 is 16.0 Å². The summed E-state index contributed by atoms with van der Waals surface area (Å²) in [4.78, 5) is 22.1. The van der Waals surface area contributed by atoms with Crippen molar-refractivity contribution < 1.29 is 23.1 Å². The zero-order chi connectivity index (χ0) is 15.6. The monoisotopic (exact) mass is 312 g/mol. The molecule has 0 aliphatic carbocycles. The van der Waals surface area contributed by atoms with Crippen LogP contribution in [-0.2, 0) is 14.8 Å². The third-order valence-corrected chi connectivity index (χ3v) is 5.06. The molecule has 1 amide bonds. The van der Waals surface area contributed by atoms with Gasteiger partial charge in [-0.3, -0.25) is 4.79 Å². The molecule has 8 heteroatoms. The molecular weight excluding hydrogens is 296 g/mol. The minimum atomic E-state index is -3.83. The summed E-state index contributed by atoms with van der Waals surface area (Å²) in [6.07, 6.45) is 0.685. The molecule has 7 nitrogen and oxygen atoms in total. The zero-order valence-corrected chi connectivity index (χ0v) is 12.2. The van der Waals surface area contributed by atoms with Crippen molar-refractivity contribution in [2.45, 2.75) is 30.7 Å². The van der Waals surface area contributed by atoms with Gasteiger partial charge in [0, 0.05) is 19.0 Å². The van der Waals surface area contributed by atoms with Crippen LogP contribution in [0.5, 0.6) is 0 Å². The second-order valence-electron chi connectivity index (χ2n) is 4.89. The summed E-state index contributed by atoms with van der Waals surface area (Å²) in [5, 5.41) is 11.6. The maximum atomic E-state index is 12.4. The summed E-state index contributed by atoms with van der Waals surface area (Å²) in [5.41, 5.74) is 0.146. The highest BCUT2D eigenvalue weighted by Gasteiger charge is 2.26. The van der Waals surface area contributed by atoms with E-state index in [0.29, 0.717) is 6.42 Å². The largest absolute Gasteiger partial charge is 0.478 e. The topological polar surface area (TPSA) is 113 Å². The van der Waals surface area contributed by atoms with Gasteiger partial charge in [0.2, 0.25) is 15.9 Å². The second-order valence-corrected chi connectivity index (χ2v) is 6.58. The molecule has 0 spiro atoms. The molecule has 1 aliphatic heterocycles. The minimum Gasteiger partial charge on any atom is -0.478 e. The van der Waals surface area contributed by atoms with Crippen LogP contribution >= 0.6 is 0 Å². The van der Waals surface area contributed by atoms with Crippen molar-refractivity contribution in [3.05, 3.63) is 29.3 Å². The summed E-state index contributed by atoms with van der Waals surface area (Å²) in [7, 11) is -3.83. The molecule has 0 aromatic heterocycles. The van der Waals surface area contributed by atoms with Crippen LogP contribution in [0, 0.1) is 6.92 Å². The van der Waals surface area contributed by atoms with Gasteiger partial charge in [0.1, 0.15) is 0 Å². The predicted molar refractivity (Wildman–Crippen MR) is 74.5 cm³/mol. The predicted octanol–water partition coefficient (Wildman–Crippen LogP) is 0.250. The molecule has 1 aromatic carbocycles. The molecule has 0 saturated carbocycles. The third kappa shape index (κ3) is 3.40. The lowest BCUT2D eigenvalue weighted by molar-refractivity contribution is -0.122. The van der Waals surface area contributed by atoms with Crippen LogP contribution in [0.15, 0.2) is 23.1 Å². The van der Waals surface area contributed by atoms with E-state index in [0.717, 1.165) is 0 Å². The standard InChI is InChI=1S/C13H16N2O5S/c1-8-10(13(17)18)3-2-4-11(8)21(19,20)15-9-5-6-12(16)14-7-9/h2-4,9,15H,5-7H2,1H3,(H,14,16)(H,17,18). The molecule has 1 heterocycles. The van der Waals surface area contributed by atoms with Crippen LogP contribution in [0.4, 0.5) is 0 Å². The van der Waals surface area contributed by atoms with Gasteiger partial charge in [-0.25, -0.2) is 17.9 Å². The van der Waals surface area contributed by atoms with Gasteiger partial charge in [-0.1, -0.05) is 6.07 Å². The zero-order valence-electron chi connectivity index (χ0n) is 11.4. The number of amides is 1. The van der Waals surface area contributed by atoms with E-state index in [2.05, 4.69) is 10.0 Å². The number of carbonyl (C=O) groups excluding carboxylic acids is 1. The SMILES string of the molecule is Cc1c(C(=O)O)cccc1S(=O)(=O)NC1CCC(=O)NC1. The van der Waals surface area contributed by atoms with Crippen LogP contribution in [0.25, 0.3) is 0 Å². The highest BCUT2D eigenvalue weighted by molar-refractivity contribution is 7.89. The quantitative estimate of drug-likeness (QED) is 0.737. The molecule has 0 radical (unpaired) electrons. The Kier molecular flexibility index (Phi) is 4.29. The maximum Gasteiger partial charge on any atom is 0.335 e. The first-order valence-corrected chi connectivity index (χ1v) is 7.91. The Morgan fingerprint density at radius 2 is 2.14 bits per heavy atom. The number of piperidine rings is 1. The van der Waals surface area contributed by atoms with E-state index in [-0.39, 0.29) is 40.9 Å². The number of benzene rings is 1. The van der Waals surface area contributed by atoms with Gasteiger partial charge in [-0.15, -0.1) is 0 Å². The Morgan fingerprint density at radius 3 is 2.71 bits per heavy atom. The number of aromatic carboxylic acids is 1. The molecule has 1 aliphatic rings. The summed E-state index contributed by atoms with van der Waals surface area (Å²) in [6, 6.07) is 3.73. The van der Waals surface area contributed by atoms with Crippen molar-refractivity contribution in [1.29, 1.82) is 0 Å². The van der Waals surface area contributed by atoms with Gasteiger partial charge in [-0.05, 0) is 31.0 Å². The van der Waals surface area contributed by atoms with Gasteiger partial charge >= 0.3 is 5.97 Å². The molecule has 1 saturated heterocycles. The van der Waals surface area contributed by atoms with Crippen molar-refractivity contribution in [2.24, 2.45) is 0 Å². The number of carboxylic acid groups (broad SMARTS) is 1. The lowest BCUT2D eigenvalue weighted by Crippen LogP contribution is -2.47. The minimum absolute atomic E-state index is 0.0465. The molecule has 114 valence electrons. The fourth-order valence-corrected chi connectivity index (χ4v) is 3.79. The van der Waals surface area contributed by atoms with Gasteiger partial charge < -0.3 is 10.4 Å². The lowest BCUT2D eigenvalue weighted by atomic mass is 10.1. The molecule has 1 unspecified atom stereocenters. The third-order valence-electron chi connectivity index (χ3n) is 3.39. The number of rotatable bonds is 4. The fraction of sp³-hybridized carbons (Fsp3) is 0.385. The summed E-state index contributed by atoms with van der Waals surface area (Å²) >= 11 is 0. The molecule has 21 heavy (non-hydrogen) atoms. The van der Waals surface area contributed by atoms with Crippen molar-refractivity contribution in [3.8, 4) is 0 Å². The van der Waals surface area contributed by atoms with Crippen molar-refractivity contribution in [2.75, 3.05) is 6.54 Å². The average Bonchev–Trinajstić information content (AvgIpc) is 2.41. The number of sulfonamides is 1. The lowest BCUT2D eigenvalue weighted by Gasteiger charge is -2.23. The normalized spacial score (nSPS) is 19.1. The molecular formula is C13H16N2O5S. The number of carbonyl (C=O) groups is 2. The molecule has 2 rings (SSSR count). The average molecular weight is 312 g/mol. The van der Waals surface area contributed by atoms with Crippen LogP contribution in [0.2, 0.25) is 0 Å². The van der Waals surface area contributed by atoms with E-state index in [1.165, 1.54) is 25.1 Å². The number of carboxylic acids is 1. The Morgan fingerprint density at radius 1 is 1.43 bits per heavy atom. The van der Waals surface area contributed by atoms with E-state index >= 15 is 0 Å². The molecule has 3 N–H and O–H groups in total. The van der Waals surface area contributed by atoms with Crippen molar-refractivity contribution >= 4 is 21.9 Å². The second kappa shape index (κ2) is 5.82. The smallest absolute Gasteiger partial charge is 0.335 e. The highest BCUT2D eigenvalue weighted by Crippen LogP contribution is 2.20. The Labute approximate surface area is 122 Å². The first kappa shape index (κ1) is 15.5. The summed E-state index contributed by atoms with van der Waals surface area (Å²) < 4.78 is 27.2. The van der Waals surface area contributed by atoms with Crippen LogP contribution in [0.3, 0.4) is 0 Å². The van der Waals surface area contributed by atoms with E-state index in [1.54, 1.807) is 0 Å². The van der Waals surface area contributed by atoms with Crippen LogP contribution < -0.4 is 10.0 Å². The van der Waals surface area contributed by atoms with Gasteiger partial charge in [0.25, 0.3) is 0 Å². The van der Waals surface area contributed by atoms with Crippen molar-refractivity contribution in [1.82, 2.24) is 10.0 Å². The molecule has 1 fully saturated rings. The first-order chi connectivity index (χ1) is 9.81. The summed E-state index contributed by atoms with van der Waals surface area (Å²) in [6.45, 7) is 1.69. The molecule has 1 aromatic rings. The summed E-state index contributed by atoms with van der Waals surface area (Å²) in [5.74, 6) is -1.27. The Hall–Kier alpha value is -1.93. The Balaban J connectivity index is 2.26. The van der Waals surface area contributed by atoms with Gasteiger partial charge in [0.05, 0.1) is 10.5 Å². The number of hydrogen-bond donors (Lipinski definition) is 3. The van der Waals surface area contributed by atoms with Crippen molar-refractivity contribution in [3.63, 3.8) is 0 Å². The van der Waals surface area contributed by atoms with Crippen LogP contribution in [-0.4, -0.2) is 38.0 Å². The van der Waals surface area contributed by atoms with E-state index in [4.69, 9.17) is 5.11 Å². The Bertz CT molecular complexity index is 674. The number of hydrogen-bond acceptors (Lipinski definition) is 4. The molecule has 0 bridgehead atoms. The number of nitrogens with one attached hydrogen (secondary N) is 2. The highest BCUT2D eigenvalue weighted by atomic mass is 32.2. The fourth-order valence-electron chi connectivity index (χ4n) is 2.25. The maximum absolute atomic E-state index is 12.4. The molecule has 1 atom stereocenters. The first-order valence-electron chi connectivity index (χ1n) is 6.43. The van der Waals surface area contributed by atoms with Crippen LogP contribution in [0.1, 0.15) is 28.8 Å². The van der Waals surface area contributed by atoms with Gasteiger partial charge in [0.15, 0.2) is 0 Å². The van der Waals surface area contributed by atoms with E-state index in [1.807, 2.05) is 0 Å².